The van der Waals surface area contributed by atoms with Crippen molar-refractivity contribution >= 4 is 17.4 Å². The Morgan fingerprint density at radius 2 is 2.14 bits per heavy atom. The van der Waals surface area contributed by atoms with Gasteiger partial charge in [-0.3, -0.25) is 4.98 Å². The van der Waals surface area contributed by atoms with Crippen LogP contribution in [0.15, 0.2) is 47.2 Å². The summed E-state index contributed by atoms with van der Waals surface area (Å²) < 4.78 is 10.7. The molecule has 2 N–H and O–H groups in total. The maximum atomic E-state index is 6.08. The van der Waals surface area contributed by atoms with Crippen LogP contribution in [0, 0.1) is 0 Å². The van der Waals surface area contributed by atoms with E-state index in [0.29, 0.717) is 22.1 Å². The van der Waals surface area contributed by atoms with Gasteiger partial charge < -0.3 is 15.0 Å². The van der Waals surface area contributed by atoms with Crippen molar-refractivity contribution in [1.29, 1.82) is 0 Å². The van der Waals surface area contributed by atoms with Crippen LogP contribution in [-0.2, 0) is 0 Å². The van der Waals surface area contributed by atoms with E-state index >= 15 is 0 Å². The first-order valence-electron chi connectivity index (χ1n) is 6.20. The second kappa shape index (κ2) is 5.46. The molecule has 2 heterocycles. The van der Waals surface area contributed by atoms with Crippen molar-refractivity contribution in [2.75, 3.05) is 12.8 Å². The van der Waals surface area contributed by atoms with E-state index in [1.165, 1.54) is 0 Å². The summed E-state index contributed by atoms with van der Waals surface area (Å²) >= 11 is 6.08. The molecular weight excluding hydrogens is 290 g/mol. The topological polar surface area (TPSA) is 74.2 Å². The first-order valence-corrected chi connectivity index (χ1v) is 6.58. The Balaban J connectivity index is 2.24. The number of hydrogen-bond donors (Lipinski definition) is 1. The second-order valence-corrected chi connectivity index (χ2v) is 4.79. The molecule has 0 bridgehead atoms. The molecule has 3 aromatic rings. The van der Waals surface area contributed by atoms with Crippen molar-refractivity contribution in [3.05, 3.63) is 47.7 Å². The van der Waals surface area contributed by atoms with Crippen molar-refractivity contribution in [1.82, 2.24) is 10.1 Å². The van der Waals surface area contributed by atoms with Crippen LogP contribution in [0.2, 0.25) is 5.02 Å². The minimum atomic E-state index is 0.273. The van der Waals surface area contributed by atoms with Crippen LogP contribution in [-0.4, -0.2) is 17.3 Å². The number of halogens is 1. The van der Waals surface area contributed by atoms with E-state index in [-0.39, 0.29) is 5.82 Å². The molecule has 0 saturated heterocycles. The summed E-state index contributed by atoms with van der Waals surface area (Å²) in [4.78, 5) is 4.08. The summed E-state index contributed by atoms with van der Waals surface area (Å²) in [6.07, 6.45) is 3.36. The molecule has 0 radical (unpaired) electrons. The fraction of sp³-hybridized carbons (Fsp3) is 0.0667. The highest BCUT2D eigenvalue weighted by atomic mass is 35.5. The molecule has 0 amide bonds. The third-order valence-corrected chi connectivity index (χ3v) is 3.31. The zero-order valence-electron chi connectivity index (χ0n) is 11.2. The van der Waals surface area contributed by atoms with Gasteiger partial charge in [0.15, 0.2) is 11.6 Å². The van der Waals surface area contributed by atoms with Crippen LogP contribution in [0.3, 0.4) is 0 Å². The summed E-state index contributed by atoms with van der Waals surface area (Å²) in [5.74, 6) is 1.44. The number of nitrogens with two attached hydrogens (primary N) is 1. The highest BCUT2D eigenvalue weighted by molar-refractivity contribution is 6.31. The molecule has 3 rings (SSSR count). The fourth-order valence-electron chi connectivity index (χ4n) is 2.13. The molecule has 6 heteroatoms. The normalized spacial score (nSPS) is 10.6. The average Bonchev–Trinajstić information content (AvgIpc) is 2.89. The van der Waals surface area contributed by atoms with Gasteiger partial charge in [-0.15, -0.1) is 0 Å². The largest absolute Gasteiger partial charge is 0.496 e. The minimum absolute atomic E-state index is 0.273. The van der Waals surface area contributed by atoms with Gasteiger partial charge in [0, 0.05) is 28.5 Å². The number of hydrogen-bond acceptors (Lipinski definition) is 5. The van der Waals surface area contributed by atoms with Crippen molar-refractivity contribution in [2.24, 2.45) is 0 Å². The quantitative estimate of drug-likeness (QED) is 0.799. The molecule has 0 fully saturated rings. The Kier molecular flexibility index (Phi) is 3.50. The summed E-state index contributed by atoms with van der Waals surface area (Å²) in [6, 6.07) is 8.97. The van der Waals surface area contributed by atoms with Gasteiger partial charge in [0.2, 0.25) is 0 Å². The SMILES string of the molecule is COc1ccc(Cl)cc1-c1c(N)noc1-c1cccnc1. The molecular formula is C15H12ClN3O2. The van der Waals surface area contributed by atoms with Gasteiger partial charge in [-0.25, -0.2) is 0 Å². The fourth-order valence-corrected chi connectivity index (χ4v) is 2.30. The lowest BCUT2D eigenvalue weighted by atomic mass is 10.0. The highest BCUT2D eigenvalue weighted by Crippen LogP contribution is 2.41. The van der Waals surface area contributed by atoms with Crippen LogP contribution < -0.4 is 10.5 Å². The Bertz CT molecular complexity index is 772. The number of anilines is 1. The van der Waals surface area contributed by atoms with E-state index in [4.69, 9.17) is 26.6 Å². The number of aromatic nitrogens is 2. The van der Waals surface area contributed by atoms with Crippen molar-refractivity contribution in [3.63, 3.8) is 0 Å². The zero-order valence-corrected chi connectivity index (χ0v) is 12.0. The first kappa shape index (κ1) is 13.5. The Hall–Kier alpha value is -2.53. The first-order chi connectivity index (χ1) is 10.2. The van der Waals surface area contributed by atoms with Crippen molar-refractivity contribution in [3.8, 4) is 28.2 Å². The van der Waals surface area contributed by atoms with E-state index in [2.05, 4.69) is 10.1 Å². The molecule has 0 saturated carbocycles. The standard InChI is InChI=1S/C15H12ClN3O2/c1-20-12-5-4-10(16)7-11(12)13-14(21-19-15(13)17)9-3-2-6-18-8-9/h2-8H,1H3,(H2,17,19). The molecule has 2 aromatic heterocycles. The molecule has 0 unspecified atom stereocenters. The summed E-state index contributed by atoms with van der Waals surface area (Å²) in [6.45, 7) is 0. The van der Waals surface area contributed by atoms with E-state index in [1.807, 2.05) is 12.1 Å². The van der Waals surface area contributed by atoms with Gasteiger partial charge in [-0.1, -0.05) is 16.8 Å². The number of benzene rings is 1. The lowest BCUT2D eigenvalue weighted by Gasteiger charge is -2.09. The second-order valence-electron chi connectivity index (χ2n) is 4.36. The molecule has 0 atom stereocenters. The number of methoxy groups -OCH3 is 1. The lowest BCUT2D eigenvalue weighted by Crippen LogP contribution is -1.93. The predicted octanol–water partition coefficient (Wildman–Crippen LogP) is 3.65. The van der Waals surface area contributed by atoms with Crippen LogP contribution in [0.5, 0.6) is 5.75 Å². The number of ether oxygens (including phenoxy) is 1. The van der Waals surface area contributed by atoms with Crippen molar-refractivity contribution in [2.45, 2.75) is 0 Å². The molecule has 1 aromatic carbocycles. The van der Waals surface area contributed by atoms with Gasteiger partial charge >= 0.3 is 0 Å². The molecule has 21 heavy (non-hydrogen) atoms. The molecule has 0 aliphatic carbocycles. The Morgan fingerprint density at radius 1 is 1.29 bits per heavy atom. The Labute approximate surface area is 126 Å². The van der Waals surface area contributed by atoms with E-state index in [1.54, 1.807) is 37.7 Å². The molecule has 0 spiro atoms. The maximum absolute atomic E-state index is 6.08. The van der Waals surface area contributed by atoms with Crippen LogP contribution in [0.25, 0.3) is 22.5 Å². The average molecular weight is 302 g/mol. The highest BCUT2D eigenvalue weighted by Gasteiger charge is 2.21. The Morgan fingerprint density at radius 3 is 2.86 bits per heavy atom. The smallest absolute Gasteiger partial charge is 0.178 e. The zero-order chi connectivity index (χ0) is 14.8. The summed E-state index contributed by atoms with van der Waals surface area (Å²) in [5.41, 5.74) is 8.10. The molecule has 106 valence electrons. The van der Waals surface area contributed by atoms with Gasteiger partial charge in [0.05, 0.1) is 12.7 Å². The summed E-state index contributed by atoms with van der Waals surface area (Å²) in [5, 5.41) is 4.42. The molecule has 0 aliphatic heterocycles. The lowest BCUT2D eigenvalue weighted by molar-refractivity contribution is 0.416. The number of nitrogens with zero attached hydrogens (tertiary/aromatic N) is 2. The predicted molar refractivity (Wildman–Crippen MR) is 81.1 cm³/mol. The van der Waals surface area contributed by atoms with Crippen LogP contribution >= 0.6 is 11.6 Å². The summed E-state index contributed by atoms with van der Waals surface area (Å²) in [7, 11) is 1.58. The van der Waals surface area contributed by atoms with Crippen LogP contribution in [0.4, 0.5) is 5.82 Å². The van der Waals surface area contributed by atoms with Gasteiger partial charge in [0.1, 0.15) is 5.75 Å². The maximum Gasteiger partial charge on any atom is 0.178 e. The number of nitrogen functional groups attached to an aromatic ring is 1. The molecule has 5 nitrogen and oxygen atoms in total. The van der Waals surface area contributed by atoms with Gasteiger partial charge in [-0.2, -0.15) is 0 Å². The number of pyridine rings is 1. The third-order valence-electron chi connectivity index (χ3n) is 3.07. The van der Waals surface area contributed by atoms with Crippen molar-refractivity contribution < 1.29 is 9.26 Å². The minimum Gasteiger partial charge on any atom is -0.496 e. The van der Waals surface area contributed by atoms with E-state index in [9.17, 15) is 0 Å². The van der Waals surface area contributed by atoms with Gasteiger partial charge in [-0.05, 0) is 30.3 Å². The number of rotatable bonds is 3. The van der Waals surface area contributed by atoms with Crippen LogP contribution in [0.1, 0.15) is 0 Å². The van der Waals surface area contributed by atoms with E-state index in [0.717, 1.165) is 11.1 Å². The molecule has 0 aliphatic rings. The monoisotopic (exact) mass is 301 g/mol. The third kappa shape index (κ3) is 2.43. The van der Waals surface area contributed by atoms with Gasteiger partial charge in [0.25, 0.3) is 0 Å². The van der Waals surface area contributed by atoms with E-state index < -0.39 is 0 Å².